The van der Waals surface area contributed by atoms with E-state index in [2.05, 4.69) is 313 Å². The van der Waals surface area contributed by atoms with Crippen molar-refractivity contribution in [2.75, 3.05) is 9.80 Å². The van der Waals surface area contributed by atoms with Crippen LogP contribution in [0.5, 0.6) is 0 Å². The van der Waals surface area contributed by atoms with Gasteiger partial charge >= 0.3 is 0 Å². The Morgan fingerprint density at radius 3 is 0.842 bits per heavy atom. The van der Waals surface area contributed by atoms with Gasteiger partial charge in [0.05, 0.1) is 0 Å². The highest BCUT2D eigenvalue weighted by molar-refractivity contribution is 6.22. The number of furan rings is 5. The van der Waals surface area contributed by atoms with Crippen LogP contribution in [-0.4, -0.2) is 0 Å². The molecule has 0 spiro atoms. The molecule has 0 fully saturated rings. The zero-order valence-electron chi connectivity index (χ0n) is 50.8. The van der Waals surface area contributed by atoms with Gasteiger partial charge in [0.15, 0.2) is 0 Å². The first-order valence-corrected chi connectivity index (χ1v) is 32.1. The standard InChI is InChI=1S/C88H50N2O5/c1-3-13-57-41-59(19-17-51(57)9-1)53-21-27-61(28-22-53)89(65-33-37-71-81(45-65)91-77-39-25-55-11-5-7-15-67(55)87(71)77)63-31-35-69-73-47-85-75(49-83(73)93-79(69)43-63)76-50-84-74(48-86(76)95-85)70-36-32-64(44-80(70)94-84)90(62-29-23-54(24-30-62)60-20-18-52-10-2-4-14-58(52)42-60)66-34-38-72-82(46-66)92-78-40-26-56-12-6-8-16-68(56)88(72)78/h1-50H. The molecular formula is C88H50N2O5. The van der Waals surface area contributed by atoms with Crippen LogP contribution in [0.1, 0.15) is 0 Å². The van der Waals surface area contributed by atoms with E-state index in [0.717, 1.165) is 155 Å². The second-order valence-corrected chi connectivity index (χ2v) is 25.1. The molecule has 7 nitrogen and oxygen atoms in total. The van der Waals surface area contributed by atoms with Gasteiger partial charge in [-0.1, -0.05) is 158 Å². The zero-order chi connectivity index (χ0) is 62.0. The number of anilines is 6. The molecule has 5 heterocycles. The molecule has 21 aromatic rings. The van der Waals surface area contributed by atoms with Crippen molar-refractivity contribution in [1.82, 2.24) is 0 Å². The summed E-state index contributed by atoms with van der Waals surface area (Å²) in [6.07, 6.45) is 0. The topological polar surface area (TPSA) is 72.2 Å². The summed E-state index contributed by atoms with van der Waals surface area (Å²) in [5.41, 5.74) is 18.4. The van der Waals surface area contributed by atoms with Crippen molar-refractivity contribution < 1.29 is 22.1 Å². The third kappa shape index (κ3) is 8.06. The predicted octanol–water partition coefficient (Wildman–Crippen LogP) is 26.1. The van der Waals surface area contributed by atoms with E-state index >= 15 is 0 Å². The van der Waals surface area contributed by atoms with Gasteiger partial charge in [0.1, 0.15) is 55.8 Å². The smallest absolute Gasteiger partial charge is 0.137 e. The molecule has 442 valence electrons. The number of hydrogen-bond acceptors (Lipinski definition) is 7. The Labute approximate surface area is 541 Å². The Bertz CT molecular complexity index is 6390. The molecular weight excluding hydrogens is 1160 g/mol. The summed E-state index contributed by atoms with van der Waals surface area (Å²) in [4.78, 5) is 4.57. The molecule has 0 amide bonds. The number of nitrogens with zero attached hydrogens (tertiary/aromatic N) is 2. The van der Waals surface area contributed by atoms with Gasteiger partial charge in [-0.3, -0.25) is 0 Å². The third-order valence-corrected chi connectivity index (χ3v) is 19.8. The number of fused-ring (bicyclic) bond motifs is 21. The molecule has 0 aliphatic heterocycles. The van der Waals surface area contributed by atoms with Gasteiger partial charge in [0, 0.05) is 112 Å². The van der Waals surface area contributed by atoms with E-state index in [1.165, 1.54) is 54.2 Å². The van der Waals surface area contributed by atoms with E-state index in [-0.39, 0.29) is 0 Å². The monoisotopic (exact) mass is 1210 g/mol. The number of benzene rings is 16. The molecule has 0 aliphatic carbocycles. The maximum Gasteiger partial charge on any atom is 0.137 e. The van der Waals surface area contributed by atoms with Crippen molar-refractivity contribution in [2.45, 2.75) is 0 Å². The lowest BCUT2D eigenvalue weighted by Crippen LogP contribution is -2.09. The van der Waals surface area contributed by atoms with Crippen molar-refractivity contribution in [2.24, 2.45) is 0 Å². The highest BCUT2D eigenvalue weighted by atomic mass is 16.3. The predicted molar refractivity (Wildman–Crippen MR) is 393 cm³/mol. The van der Waals surface area contributed by atoms with Crippen LogP contribution in [0.25, 0.3) is 175 Å². The minimum absolute atomic E-state index is 0.764. The van der Waals surface area contributed by atoms with Crippen LogP contribution in [-0.2, 0) is 0 Å². The molecule has 0 unspecified atom stereocenters. The maximum atomic E-state index is 6.93. The summed E-state index contributed by atoms with van der Waals surface area (Å²) in [5, 5.41) is 19.8. The molecule has 95 heavy (non-hydrogen) atoms. The fraction of sp³-hybridized carbons (Fsp3) is 0. The first kappa shape index (κ1) is 51.9. The number of rotatable bonds is 8. The first-order valence-electron chi connectivity index (χ1n) is 32.1. The molecule has 0 radical (unpaired) electrons. The minimum Gasteiger partial charge on any atom is -0.456 e. The van der Waals surface area contributed by atoms with E-state index in [4.69, 9.17) is 22.1 Å². The van der Waals surface area contributed by atoms with Crippen LogP contribution >= 0.6 is 0 Å². The largest absolute Gasteiger partial charge is 0.456 e. The van der Waals surface area contributed by atoms with Crippen LogP contribution in [0, 0.1) is 0 Å². The Hall–Kier alpha value is -12.8. The summed E-state index contributed by atoms with van der Waals surface area (Å²) >= 11 is 0. The lowest BCUT2D eigenvalue weighted by molar-refractivity contribution is 0.662. The highest BCUT2D eigenvalue weighted by Gasteiger charge is 2.24. The molecule has 0 aliphatic rings. The molecule has 0 saturated heterocycles. The van der Waals surface area contributed by atoms with Gasteiger partial charge in [0.2, 0.25) is 0 Å². The number of hydrogen-bond donors (Lipinski definition) is 0. The van der Waals surface area contributed by atoms with Crippen LogP contribution in [0.2, 0.25) is 0 Å². The van der Waals surface area contributed by atoms with Gasteiger partial charge in [-0.15, -0.1) is 0 Å². The van der Waals surface area contributed by atoms with Crippen molar-refractivity contribution in [1.29, 1.82) is 0 Å². The fourth-order valence-corrected chi connectivity index (χ4v) is 15.2. The SMILES string of the molecule is c1ccc2cc(-c3ccc(N(c4ccc5c(c4)oc4cc6c(cc45)oc4cc5c(cc46)oc4cc(N(c6ccc(-c7ccc8ccccc8c7)cc6)c6ccc7c(c6)oc6ccc8ccccc8c67)ccc45)c4ccc5c(c4)oc4ccc6ccccc6c45)cc3)ccc2c1. The zero-order valence-corrected chi connectivity index (χ0v) is 50.8. The summed E-state index contributed by atoms with van der Waals surface area (Å²) in [6, 6.07) is 108. The summed E-state index contributed by atoms with van der Waals surface area (Å²) in [6.45, 7) is 0. The average Bonchev–Trinajstić information content (AvgIpc) is 1.61. The van der Waals surface area contributed by atoms with E-state index in [1.807, 2.05) is 0 Å². The van der Waals surface area contributed by atoms with E-state index < -0.39 is 0 Å². The molecule has 16 aromatic carbocycles. The van der Waals surface area contributed by atoms with Gasteiger partial charge in [-0.2, -0.15) is 0 Å². The fourth-order valence-electron chi connectivity index (χ4n) is 15.2. The summed E-state index contributed by atoms with van der Waals surface area (Å²) < 4.78 is 34.0. The molecule has 0 bridgehead atoms. The third-order valence-electron chi connectivity index (χ3n) is 19.8. The first-order chi connectivity index (χ1) is 47.0. The van der Waals surface area contributed by atoms with Gasteiger partial charge in [0.25, 0.3) is 0 Å². The second kappa shape index (κ2) is 19.8. The van der Waals surface area contributed by atoms with E-state index in [1.54, 1.807) is 0 Å². The molecule has 21 rings (SSSR count). The molecule has 0 atom stereocenters. The maximum absolute atomic E-state index is 6.93. The molecule has 5 aromatic heterocycles. The molecule has 0 N–H and O–H groups in total. The molecule has 7 heteroatoms. The average molecular weight is 1220 g/mol. The van der Waals surface area contributed by atoms with Crippen molar-refractivity contribution in [3.8, 4) is 22.3 Å². The van der Waals surface area contributed by atoms with Crippen molar-refractivity contribution >= 4 is 187 Å². The van der Waals surface area contributed by atoms with E-state index in [9.17, 15) is 0 Å². The van der Waals surface area contributed by atoms with Gasteiger partial charge in [-0.25, -0.2) is 0 Å². The highest BCUT2D eigenvalue weighted by Crippen LogP contribution is 2.47. The molecule has 0 saturated carbocycles. The van der Waals surface area contributed by atoms with Crippen LogP contribution in [0.3, 0.4) is 0 Å². The van der Waals surface area contributed by atoms with Crippen LogP contribution in [0.4, 0.5) is 34.1 Å². The Morgan fingerprint density at radius 1 is 0.158 bits per heavy atom. The lowest BCUT2D eigenvalue weighted by Gasteiger charge is -2.25. The quantitative estimate of drug-likeness (QED) is 0.150. The summed E-state index contributed by atoms with van der Waals surface area (Å²) in [7, 11) is 0. The second-order valence-electron chi connectivity index (χ2n) is 25.1. The lowest BCUT2D eigenvalue weighted by atomic mass is 10.0. The normalized spacial score (nSPS) is 12.2. The van der Waals surface area contributed by atoms with Gasteiger partial charge in [-0.05, 0) is 187 Å². The van der Waals surface area contributed by atoms with Crippen molar-refractivity contribution in [3.63, 3.8) is 0 Å². The Morgan fingerprint density at radius 2 is 0.442 bits per heavy atom. The van der Waals surface area contributed by atoms with Crippen LogP contribution in [0.15, 0.2) is 325 Å². The van der Waals surface area contributed by atoms with Crippen LogP contribution < -0.4 is 9.80 Å². The van der Waals surface area contributed by atoms with E-state index in [0.29, 0.717) is 0 Å². The summed E-state index contributed by atoms with van der Waals surface area (Å²) in [5.74, 6) is 0. The Kier molecular flexibility index (Phi) is 10.8. The minimum atomic E-state index is 0.764. The van der Waals surface area contributed by atoms with Gasteiger partial charge < -0.3 is 31.9 Å². The Balaban J connectivity index is 0.659. The van der Waals surface area contributed by atoms with Crippen molar-refractivity contribution in [3.05, 3.63) is 303 Å².